The first-order valence-corrected chi connectivity index (χ1v) is 12.3. The Labute approximate surface area is 182 Å². The summed E-state index contributed by atoms with van der Waals surface area (Å²) in [6.45, 7) is 1.78. The molecule has 3 aliphatic rings. The summed E-state index contributed by atoms with van der Waals surface area (Å²) in [6.07, 6.45) is 6.99. The SMILES string of the molecule is BN1C2CC[C@H]1CC(Oc1ncnc(Oc3ccc(S(=O)(=O)C4CC4)cc3F)c1C)C2. The number of hydrogen-bond acceptors (Lipinski definition) is 7. The monoisotopic (exact) mass is 445 g/mol. The third kappa shape index (κ3) is 3.91. The van der Waals surface area contributed by atoms with Gasteiger partial charge in [-0.05, 0) is 63.6 Å². The maximum atomic E-state index is 14.6. The minimum atomic E-state index is -3.46. The summed E-state index contributed by atoms with van der Waals surface area (Å²) in [5.74, 6) is -0.196. The van der Waals surface area contributed by atoms with E-state index >= 15 is 0 Å². The van der Waals surface area contributed by atoms with Crippen LogP contribution >= 0.6 is 0 Å². The van der Waals surface area contributed by atoms with Crippen LogP contribution < -0.4 is 9.47 Å². The van der Waals surface area contributed by atoms with Gasteiger partial charge in [-0.2, -0.15) is 0 Å². The average molecular weight is 445 g/mol. The normalized spacial score (nSPS) is 26.1. The van der Waals surface area contributed by atoms with Crippen molar-refractivity contribution in [3.63, 3.8) is 0 Å². The van der Waals surface area contributed by atoms with Crippen molar-refractivity contribution in [3.05, 3.63) is 35.9 Å². The van der Waals surface area contributed by atoms with E-state index in [9.17, 15) is 12.8 Å². The van der Waals surface area contributed by atoms with Crippen LogP contribution in [0.25, 0.3) is 0 Å². The molecule has 3 atom stereocenters. The Kier molecular flexibility index (Phi) is 5.17. The first kappa shape index (κ1) is 20.7. The van der Waals surface area contributed by atoms with Crippen molar-refractivity contribution in [2.75, 3.05) is 0 Å². The molecule has 0 amide bonds. The number of halogens is 1. The van der Waals surface area contributed by atoms with E-state index in [1.165, 1.54) is 31.3 Å². The summed E-state index contributed by atoms with van der Waals surface area (Å²) in [5, 5.41) is -0.391. The fourth-order valence-corrected chi connectivity index (χ4v) is 6.34. The largest absolute Gasteiger partial charge is 0.474 e. The quantitative estimate of drug-likeness (QED) is 0.633. The molecule has 1 aliphatic carbocycles. The van der Waals surface area contributed by atoms with E-state index in [4.69, 9.17) is 9.47 Å². The van der Waals surface area contributed by atoms with Crippen LogP contribution in [-0.4, -0.2) is 54.6 Å². The zero-order valence-corrected chi connectivity index (χ0v) is 18.4. The molecule has 0 radical (unpaired) electrons. The Morgan fingerprint density at radius 1 is 1.10 bits per heavy atom. The van der Waals surface area contributed by atoms with Crippen molar-refractivity contribution in [2.45, 2.75) is 73.8 Å². The summed E-state index contributed by atoms with van der Waals surface area (Å²) < 4.78 is 51.1. The van der Waals surface area contributed by atoms with Crippen molar-refractivity contribution in [2.24, 2.45) is 0 Å². The zero-order chi connectivity index (χ0) is 21.8. The molecule has 2 bridgehead atoms. The van der Waals surface area contributed by atoms with Gasteiger partial charge in [-0.3, -0.25) is 0 Å². The number of benzene rings is 1. The van der Waals surface area contributed by atoms with Crippen LogP contribution in [-0.2, 0) is 9.84 Å². The Balaban J connectivity index is 1.32. The minimum Gasteiger partial charge on any atom is -0.474 e. The number of ether oxygens (including phenoxy) is 2. The molecule has 2 unspecified atom stereocenters. The molecule has 2 aromatic rings. The summed E-state index contributed by atoms with van der Waals surface area (Å²) in [4.78, 5) is 10.8. The second-order valence-corrected chi connectivity index (χ2v) is 11.0. The highest BCUT2D eigenvalue weighted by molar-refractivity contribution is 7.92. The van der Waals surface area contributed by atoms with E-state index in [0.717, 1.165) is 18.9 Å². The van der Waals surface area contributed by atoms with E-state index in [0.29, 0.717) is 36.4 Å². The molecular weight excluding hydrogens is 420 g/mol. The summed E-state index contributed by atoms with van der Waals surface area (Å²) >= 11 is 0. The van der Waals surface area contributed by atoms with Crippen LogP contribution in [0, 0.1) is 12.7 Å². The third-order valence-corrected chi connectivity index (χ3v) is 8.99. The van der Waals surface area contributed by atoms with E-state index in [1.807, 2.05) is 0 Å². The van der Waals surface area contributed by atoms with Crippen molar-refractivity contribution in [3.8, 4) is 17.5 Å². The zero-order valence-electron chi connectivity index (χ0n) is 17.6. The second-order valence-electron chi connectivity index (χ2n) is 8.81. The standard InChI is InChI=1S/C21H25BFN3O4S/c1-12-20(29-15-8-13-2-3-14(9-15)26(13)22)24-11-25-21(12)30-19-7-6-17(10-18(19)23)31(27,28)16-4-5-16/h6-7,10-11,13-16H,2-5,8-9,22H2,1H3/t13-,14?,15?/m0/s1. The number of nitrogens with zero attached hydrogens (tertiary/aromatic N) is 3. The second kappa shape index (κ2) is 7.74. The topological polar surface area (TPSA) is 81.6 Å². The van der Waals surface area contributed by atoms with Gasteiger partial charge in [0, 0.05) is 12.1 Å². The average Bonchev–Trinajstić information content (AvgIpc) is 3.56. The molecule has 2 saturated heterocycles. The van der Waals surface area contributed by atoms with Gasteiger partial charge in [-0.1, -0.05) is 0 Å². The van der Waals surface area contributed by atoms with Gasteiger partial charge in [0.05, 0.1) is 15.7 Å². The van der Waals surface area contributed by atoms with Gasteiger partial charge in [0.25, 0.3) is 0 Å². The van der Waals surface area contributed by atoms with Crippen LogP contribution in [0.4, 0.5) is 4.39 Å². The van der Waals surface area contributed by atoms with Crippen molar-refractivity contribution < 1.29 is 22.3 Å². The Morgan fingerprint density at radius 2 is 1.77 bits per heavy atom. The number of sulfone groups is 1. The van der Waals surface area contributed by atoms with Crippen LogP contribution in [0.15, 0.2) is 29.4 Å². The summed E-state index contributed by atoms with van der Waals surface area (Å²) in [6, 6.07) is 4.82. The lowest BCUT2D eigenvalue weighted by Gasteiger charge is -2.36. The van der Waals surface area contributed by atoms with Gasteiger partial charge < -0.3 is 14.3 Å². The first-order chi connectivity index (χ1) is 14.8. The molecule has 3 heterocycles. The molecular formula is C21H25BFN3O4S. The fraction of sp³-hybridized carbons (Fsp3) is 0.524. The lowest BCUT2D eigenvalue weighted by atomic mass is 9.96. The summed E-state index contributed by atoms with van der Waals surface area (Å²) in [5.41, 5.74) is 0.586. The van der Waals surface area contributed by atoms with Crippen LogP contribution in [0.5, 0.6) is 17.5 Å². The third-order valence-electron chi connectivity index (χ3n) is 6.73. The van der Waals surface area contributed by atoms with Crippen LogP contribution in [0.3, 0.4) is 0 Å². The van der Waals surface area contributed by atoms with Gasteiger partial charge in [0.2, 0.25) is 11.8 Å². The lowest BCUT2D eigenvalue weighted by Crippen LogP contribution is -2.44. The van der Waals surface area contributed by atoms with Crippen LogP contribution in [0.2, 0.25) is 0 Å². The Bertz CT molecular complexity index is 1100. The molecule has 10 heteroatoms. The Hall–Kier alpha value is -2.20. The van der Waals surface area contributed by atoms with Gasteiger partial charge in [0.1, 0.15) is 12.4 Å². The molecule has 2 aliphatic heterocycles. The highest BCUT2D eigenvalue weighted by atomic mass is 32.2. The molecule has 1 aromatic carbocycles. The number of hydrogen-bond donors (Lipinski definition) is 0. The van der Waals surface area contributed by atoms with Crippen molar-refractivity contribution in [1.82, 2.24) is 14.8 Å². The number of fused-ring (bicyclic) bond motifs is 2. The predicted molar refractivity (Wildman–Crippen MR) is 114 cm³/mol. The molecule has 3 fully saturated rings. The first-order valence-electron chi connectivity index (χ1n) is 10.7. The molecule has 1 saturated carbocycles. The molecule has 7 nitrogen and oxygen atoms in total. The molecule has 1 aromatic heterocycles. The van der Waals surface area contributed by atoms with E-state index in [2.05, 4.69) is 22.8 Å². The molecule has 0 spiro atoms. The highest BCUT2D eigenvalue weighted by Gasteiger charge is 2.39. The molecule has 164 valence electrons. The maximum absolute atomic E-state index is 14.6. The highest BCUT2D eigenvalue weighted by Crippen LogP contribution is 2.38. The smallest absolute Gasteiger partial charge is 0.229 e. The van der Waals surface area contributed by atoms with Crippen LogP contribution in [0.1, 0.15) is 44.1 Å². The van der Waals surface area contributed by atoms with Crippen molar-refractivity contribution >= 4 is 17.8 Å². The number of rotatable bonds is 6. The summed E-state index contributed by atoms with van der Waals surface area (Å²) in [7, 11) is -1.29. The molecule has 31 heavy (non-hydrogen) atoms. The Morgan fingerprint density at radius 3 is 2.42 bits per heavy atom. The van der Waals surface area contributed by atoms with Gasteiger partial charge in [0.15, 0.2) is 29.4 Å². The van der Waals surface area contributed by atoms with E-state index in [-0.39, 0.29) is 22.6 Å². The van der Waals surface area contributed by atoms with Gasteiger partial charge in [-0.15, -0.1) is 0 Å². The van der Waals surface area contributed by atoms with E-state index < -0.39 is 20.9 Å². The fourth-order valence-electron chi connectivity index (χ4n) is 4.67. The predicted octanol–water partition coefficient (Wildman–Crippen LogP) is 2.57. The maximum Gasteiger partial charge on any atom is 0.229 e. The van der Waals surface area contributed by atoms with Crippen molar-refractivity contribution in [1.29, 1.82) is 0 Å². The molecule has 5 rings (SSSR count). The minimum absolute atomic E-state index is 0.0137. The lowest BCUT2D eigenvalue weighted by molar-refractivity contribution is 0.0918. The van der Waals surface area contributed by atoms with E-state index in [1.54, 1.807) is 6.92 Å². The molecule has 0 N–H and O–H groups in total. The number of aromatic nitrogens is 2. The van der Waals surface area contributed by atoms with Gasteiger partial charge in [-0.25, -0.2) is 22.8 Å². The number of piperidine rings is 1. The van der Waals surface area contributed by atoms with Gasteiger partial charge >= 0.3 is 0 Å².